The molecule has 7 aliphatic rings. The van der Waals surface area contributed by atoms with Crippen LogP contribution in [0.1, 0.15) is 62.4 Å². The number of aryl methyl sites for hydroxylation is 1. The molecule has 13 unspecified atom stereocenters. The highest BCUT2D eigenvalue weighted by atomic mass is 16.8. The molecule has 22 N–H and O–H groups in total. The first kappa shape index (κ1) is 93.4. The molecule has 0 aromatic heterocycles. The van der Waals surface area contributed by atoms with Crippen molar-refractivity contribution in [3.05, 3.63) is 35.4 Å². The summed E-state index contributed by atoms with van der Waals surface area (Å²) in [5.74, 6) is -10.2. The van der Waals surface area contributed by atoms with Gasteiger partial charge in [0.05, 0.1) is 51.8 Å². The van der Waals surface area contributed by atoms with Crippen molar-refractivity contribution in [1.29, 1.82) is 0 Å². The smallest absolute Gasteiger partial charge is 0.364 e. The number of rotatable bonds is 38. The monoisotopic (exact) mass is 1650 g/mol. The number of aliphatic carboxylic acids is 1. The normalized spacial score (nSPS) is 40.4. The number of carboxylic acid groups (broad SMARTS) is 1. The molecule has 7 saturated heterocycles. The van der Waals surface area contributed by atoms with Crippen molar-refractivity contribution in [2.24, 2.45) is 5.92 Å². The van der Waals surface area contributed by atoms with E-state index < -0.39 is 308 Å². The number of hydrogen-bond acceptors (Lipinski definition) is 42. The molecule has 0 bridgehead atoms. The predicted molar refractivity (Wildman–Crippen MR) is 359 cm³/mol. The van der Waals surface area contributed by atoms with Crippen molar-refractivity contribution in [1.82, 2.24) is 21.3 Å². The Morgan fingerprint density at radius 3 is 1.51 bits per heavy atom. The molecule has 7 aliphatic heterocycles. The van der Waals surface area contributed by atoms with Crippen LogP contribution in [0.15, 0.2) is 24.3 Å². The van der Waals surface area contributed by atoms with Crippen LogP contribution in [0.5, 0.6) is 0 Å². The van der Waals surface area contributed by atoms with E-state index in [0.29, 0.717) is 5.56 Å². The molecule has 0 radical (unpaired) electrons. The SMILES string of the molecule is CO[C@@H]1C(CO)O[C@H](O[C@@H]2C(OC=O)O[C@@H](O[C@@H]3C(CO)O[C@H](O[C@@H]4C(OC=O)O[C@@H](OCCNC(=O)c5ccc(CCCC(=O)C[C@H]6C([C@H](O)[C@H](O)CO)O[C@@](OC7[C@@H](O)C(CO)O[C@@H](OC8[C@@H](O)C(CO)O[C@H](OC)[C@H]8NC(C)=O)[C@H]7O)(C(=O)O)C[C@H]6O)cc5)[C@@H](O)C4O)[C@@H](NC(C)=O)C3O)[C@@H](O)C2O)[C@@H](NC(C)=O)C1O. The van der Waals surface area contributed by atoms with E-state index in [9.17, 15) is 130 Å². The molecular formula is C67H102N4O43. The van der Waals surface area contributed by atoms with Gasteiger partial charge < -0.3 is 194 Å². The van der Waals surface area contributed by atoms with Crippen molar-refractivity contribution in [3.8, 4) is 0 Å². The zero-order valence-electron chi connectivity index (χ0n) is 61.9. The number of benzene rings is 1. The Morgan fingerprint density at radius 1 is 0.526 bits per heavy atom. The molecular weight excluding hydrogens is 1550 g/mol. The van der Waals surface area contributed by atoms with Crippen LogP contribution in [0, 0.1) is 5.92 Å². The standard InChI is InChI=1S/C67H102N4O43/c1-24(79)69-37-43(88)51(98-4)35(20-75)105-59(37)110-56-46(91)48(93)62(112-65(56)102-23-78)107-52-36(21-76)106-60(38(44(52)89)70-25(2)80)109-55-45(90)47(92)61(111-64(55)101-22-77)100-14-13-68-57(95)28-11-9-27(10-12-28)7-6-8-29(82)15-30-31(83)16-67(66(96)97,113-50(30)40(85)32(84)17-72)114-54-42(87)34(19-74)104-63(49(54)94)108-53-39(71-26(3)81)58(99-5)103-33(18-73)41(53)86/h9-12,22-23,30-56,58-65,72-76,83-94H,6-8,13-21H2,1-5H3,(H,68,95)(H,69,79)(H,70,80)(H,71,81)(H,96,97)/t30-,31-,32-,33?,34?,35?,36?,37+,38+,39+,40-,41+,42+,43?,44?,45?,46?,47+,48+,49+,50?,51-,52-,53?,54?,55+,56+,58+,59-,60-,61-,62-,63+,64?,65?,67+/m1/s1. The van der Waals surface area contributed by atoms with Gasteiger partial charge in [0, 0.05) is 72.3 Å². The zero-order chi connectivity index (χ0) is 83.9. The Bertz CT molecular complexity index is 3270. The molecule has 47 heteroatoms. The molecule has 114 heavy (non-hydrogen) atoms. The van der Waals surface area contributed by atoms with Crippen LogP contribution in [-0.2, 0) is 121 Å². The Kier molecular flexibility index (Phi) is 34.8. The summed E-state index contributed by atoms with van der Waals surface area (Å²) in [6, 6.07) is 1.33. The third kappa shape index (κ3) is 22.0. The quantitative estimate of drug-likeness (QED) is 0.0216. The Labute approximate surface area is 647 Å². The summed E-state index contributed by atoms with van der Waals surface area (Å²) in [5.41, 5.74) is 0.725. The summed E-state index contributed by atoms with van der Waals surface area (Å²) < 4.78 is 95.5. The molecule has 8 rings (SSSR count). The number of Topliss-reactive ketones (excluding diaryl/α,β-unsaturated/α-hetero) is 1. The fraction of sp³-hybridized carbons (Fsp3) is 0.791. The maximum atomic E-state index is 13.7. The molecule has 47 nitrogen and oxygen atoms in total. The number of nitrogens with one attached hydrogen (secondary N) is 4. The number of methoxy groups -OCH3 is 2. The number of amides is 4. The van der Waals surface area contributed by atoms with Crippen LogP contribution in [0.3, 0.4) is 0 Å². The first-order chi connectivity index (χ1) is 54.2. The van der Waals surface area contributed by atoms with Gasteiger partial charge in [-0.15, -0.1) is 0 Å². The largest absolute Gasteiger partial charge is 0.477 e. The molecule has 0 saturated carbocycles. The van der Waals surface area contributed by atoms with Gasteiger partial charge in [0.25, 0.3) is 24.6 Å². The minimum Gasteiger partial charge on any atom is -0.477 e. The van der Waals surface area contributed by atoms with Crippen molar-refractivity contribution >= 4 is 48.3 Å². The van der Waals surface area contributed by atoms with Gasteiger partial charge in [-0.05, 0) is 30.5 Å². The topological polar surface area (TPSA) is 706 Å². The van der Waals surface area contributed by atoms with Gasteiger partial charge in [-0.1, -0.05) is 12.1 Å². The lowest BCUT2D eigenvalue weighted by Gasteiger charge is -2.51. The molecule has 1 aromatic carbocycles. The Balaban J connectivity index is 0.828. The lowest BCUT2D eigenvalue weighted by Crippen LogP contribution is -2.70. The first-order valence-corrected chi connectivity index (χ1v) is 36.1. The summed E-state index contributed by atoms with van der Waals surface area (Å²) in [6.45, 7) is -2.67. The fourth-order valence-corrected chi connectivity index (χ4v) is 14.3. The van der Waals surface area contributed by atoms with Crippen molar-refractivity contribution in [2.45, 2.75) is 267 Å². The molecule has 0 spiro atoms. The second-order valence-electron chi connectivity index (χ2n) is 27.9. The van der Waals surface area contributed by atoms with Crippen LogP contribution in [0.4, 0.5) is 0 Å². The molecule has 36 atom stereocenters. The molecule has 0 aliphatic carbocycles. The number of aliphatic hydroxyl groups is 17. The van der Waals surface area contributed by atoms with Gasteiger partial charge >= 0.3 is 5.97 Å². The Morgan fingerprint density at radius 2 is 1.00 bits per heavy atom. The second kappa shape index (κ2) is 42.5. The number of carboxylic acids is 1. The number of carbonyl (C=O) groups is 8. The number of hydrogen-bond donors (Lipinski definition) is 22. The zero-order valence-corrected chi connectivity index (χ0v) is 61.9. The number of carbonyl (C=O) groups excluding carboxylic acids is 7. The lowest BCUT2D eigenvalue weighted by molar-refractivity contribution is -0.398. The van der Waals surface area contributed by atoms with Gasteiger partial charge in [-0.25, -0.2) is 4.79 Å². The van der Waals surface area contributed by atoms with E-state index in [1.165, 1.54) is 19.2 Å². The highest BCUT2D eigenvalue weighted by Gasteiger charge is 2.62. The van der Waals surface area contributed by atoms with Gasteiger partial charge in [0.2, 0.25) is 30.3 Å². The molecule has 1 aromatic rings. The minimum absolute atomic E-state index is 0.116. The molecule has 7 fully saturated rings. The van der Waals surface area contributed by atoms with Gasteiger partial charge in [0.1, 0.15) is 140 Å². The maximum absolute atomic E-state index is 13.7. The summed E-state index contributed by atoms with van der Waals surface area (Å²) in [4.78, 5) is 101. The van der Waals surface area contributed by atoms with E-state index in [-0.39, 0.29) is 44.3 Å². The van der Waals surface area contributed by atoms with Crippen LogP contribution < -0.4 is 21.3 Å². The first-order valence-electron chi connectivity index (χ1n) is 36.1. The average Bonchev–Trinajstić information content (AvgIpc) is 0.756. The number of ketones is 1. The minimum atomic E-state index is -3.17. The summed E-state index contributed by atoms with van der Waals surface area (Å²) in [7, 11) is 2.35. The van der Waals surface area contributed by atoms with Gasteiger partial charge in [0.15, 0.2) is 49.9 Å². The third-order valence-electron chi connectivity index (χ3n) is 20.1. The Hall–Kier alpha value is -6.10. The number of aliphatic hydroxyl groups excluding tert-OH is 17. The molecule has 4 amide bonds. The van der Waals surface area contributed by atoms with E-state index in [1.54, 1.807) is 12.1 Å². The van der Waals surface area contributed by atoms with Crippen molar-refractivity contribution in [2.75, 3.05) is 60.4 Å². The molecule has 7 heterocycles. The highest BCUT2D eigenvalue weighted by molar-refractivity contribution is 5.94. The van der Waals surface area contributed by atoms with E-state index in [0.717, 1.165) is 27.9 Å². The van der Waals surface area contributed by atoms with Crippen LogP contribution in [-0.4, -0.2) is 415 Å². The van der Waals surface area contributed by atoms with Crippen LogP contribution >= 0.6 is 0 Å². The third-order valence-corrected chi connectivity index (χ3v) is 20.1. The fourth-order valence-electron chi connectivity index (χ4n) is 14.3. The molecule has 648 valence electrons. The lowest BCUT2D eigenvalue weighted by atomic mass is 9.79. The maximum Gasteiger partial charge on any atom is 0.364 e. The van der Waals surface area contributed by atoms with Gasteiger partial charge in [-0.2, -0.15) is 0 Å². The second-order valence-corrected chi connectivity index (χ2v) is 27.9. The average molecular weight is 1650 g/mol. The summed E-state index contributed by atoms with van der Waals surface area (Å²) in [6.07, 6.45) is -60.7. The van der Waals surface area contributed by atoms with Crippen molar-refractivity contribution in [3.63, 3.8) is 0 Å². The van der Waals surface area contributed by atoms with E-state index in [1.807, 2.05) is 0 Å². The van der Waals surface area contributed by atoms with E-state index >= 15 is 0 Å². The highest BCUT2D eigenvalue weighted by Crippen LogP contribution is 2.43. The van der Waals surface area contributed by atoms with E-state index in [4.69, 9.17) is 80.5 Å². The van der Waals surface area contributed by atoms with Crippen LogP contribution in [0.2, 0.25) is 0 Å². The predicted octanol–water partition coefficient (Wildman–Crippen LogP) is -13.1. The summed E-state index contributed by atoms with van der Waals surface area (Å²) >= 11 is 0. The summed E-state index contributed by atoms with van der Waals surface area (Å²) in [5, 5.41) is 208. The van der Waals surface area contributed by atoms with Gasteiger partial charge in [-0.3, -0.25) is 33.6 Å². The van der Waals surface area contributed by atoms with E-state index in [2.05, 4.69) is 21.3 Å². The number of ether oxygens (including phenoxy) is 17. The van der Waals surface area contributed by atoms with Crippen molar-refractivity contribution < 1.29 is 211 Å². The van der Waals surface area contributed by atoms with Crippen LogP contribution in [0.25, 0.3) is 0 Å².